The first-order chi connectivity index (χ1) is 5.24. The molecule has 1 rings (SSSR count). The molecule has 0 bridgehead atoms. The number of carbonyl (C=O) groups is 1. The van der Waals surface area contributed by atoms with Crippen LogP contribution in [0.5, 0.6) is 0 Å². The highest BCUT2D eigenvalue weighted by atomic mass is 16.6. The van der Waals surface area contributed by atoms with Crippen molar-refractivity contribution in [1.29, 1.82) is 0 Å². The van der Waals surface area contributed by atoms with Crippen LogP contribution < -0.4 is 5.73 Å². The Kier molecular flexibility index (Phi) is 2.81. The number of nitrogens with two attached hydrogens (primary N) is 1. The van der Waals surface area contributed by atoms with Gasteiger partial charge in [-0.2, -0.15) is 0 Å². The van der Waals surface area contributed by atoms with Gasteiger partial charge < -0.3 is 20.3 Å². The van der Waals surface area contributed by atoms with Crippen LogP contribution in [0.25, 0.3) is 0 Å². The average Bonchev–Trinajstić information content (AvgIpc) is 2.05. The SMILES string of the molecule is NCC1COC(C(=O)O)CO1. The predicted molar refractivity (Wildman–Crippen MR) is 36.2 cm³/mol. The fourth-order valence-electron chi connectivity index (χ4n) is 0.822. The Morgan fingerprint density at radius 3 is 2.64 bits per heavy atom. The second-order valence-corrected chi connectivity index (χ2v) is 2.35. The van der Waals surface area contributed by atoms with Crippen LogP contribution in [-0.2, 0) is 14.3 Å². The zero-order valence-electron chi connectivity index (χ0n) is 6.03. The molecule has 1 fully saturated rings. The fourth-order valence-corrected chi connectivity index (χ4v) is 0.822. The van der Waals surface area contributed by atoms with E-state index in [2.05, 4.69) is 0 Å². The maximum absolute atomic E-state index is 10.3. The lowest BCUT2D eigenvalue weighted by molar-refractivity contribution is -0.174. The monoisotopic (exact) mass is 161 g/mol. The molecule has 0 radical (unpaired) electrons. The van der Waals surface area contributed by atoms with Crippen molar-refractivity contribution >= 4 is 5.97 Å². The van der Waals surface area contributed by atoms with E-state index < -0.39 is 12.1 Å². The first-order valence-corrected chi connectivity index (χ1v) is 3.40. The van der Waals surface area contributed by atoms with Crippen LogP contribution in [0.1, 0.15) is 0 Å². The Morgan fingerprint density at radius 2 is 2.27 bits per heavy atom. The van der Waals surface area contributed by atoms with E-state index in [4.69, 9.17) is 20.3 Å². The minimum Gasteiger partial charge on any atom is -0.479 e. The molecule has 0 aromatic rings. The first-order valence-electron chi connectivity index (χ1n) is 3.40. The second kappa shape index (κ2) is 3.66. The summed E-state index contributed by atoms with van der Waals surface area (Å²) in [7, 11) is 0. The summed E-state index contributed by atoms with van der Waals surface area (Å²) in [6.45, 7) is 0.733. The Labute approximate surface area is 64.1 Å². The third-order valence-corrected chi connectivity index (χ3v) is 1.50. The van der Waals surface area contributed by atoms with E-state index in [1.165, 1.54) is 0 Å². The van der Waals surface area contributed by atoms with Gasteiger partial charge >= 0.3 is 5.97 Å². The lowest BCUT2D eigenvalue weighted by Crippen LogP contribution is -2.43. The molecule has 0 aromatic carbocycles. The number of aliphatic carboxylic acids is 1. The highest BCUT2D eigenvalue weighted by Crippen LogP contribution is 2.05. The molecule has 64 valence electrons. The normalized spacial score (nSPS) is 31.7. The van der Waals surface area contributed by atoms with Crippen molar-refractivity contribution in [3.63, 3.8) is 0 Å². The lowest BCUT2D eigenvalue weighted by Gasteiger charge is -2.25. The lowest BCUT2D eigenvalue weighted by atomic mass is 10.3. The van der Waals surface area contributed by atoms with E-state index in [1.54, 1.807) is 0 Å². The smallest absolute Gasteiger partial charge is 0.335 e. The number of carboxylic acid groups (broad SMARTS) is 1. The number of rotatable bonds is 2. The maximum Gasteiger partial charge on any atom is 0.335 e. The topological polar surface area (TPSA) is 81.8 Å². The van der Waals surface area contributed by atoms with E-state index in [0.29, 0.717) is 6.54 Å². The van der Waals surface area contributed by atoms with Gasteiger partial charge in [0.1, 0.15) is 0 Å². The quantitative estimate of drug-likeness (QED) is 0.532. The molecule has 5 nitrogen and oxygen atoms in total. The van der Waals surface area contributed by atoms with Crippen LogP contribution in [0, 0.1) is 0 Å². The zero-order valence-corrected chi connectivity index (χ0v) is 6.03. The summed E-state index contributed by atoms with van der Waals surface area (Å²) in [6, 6.07) is 0. The van der Waals surface area contributed by atoms with Crippen LogP contribution >= 0.6 is 0 Å². The zero-order chi connectivity index (χ0) is 8.27. The summed E-state index contributed by atoms with van der Waals surface area (Å²) >= 11 is 0. The molecular weight excluding hydrogens is 150 g/mol. The van der Waals surface area contributed by atoms with Gasteiger partial charge in [0, 0.05) is 6.54 Å². The van der Waals surface area contributed by atoms with E-state index >= 15 is 0 Å². The molecule has 5 heteroatoms. The molecule has 3 N–H and O–H groups in total. The first kappa shape index (κ1) is 8.45. The van der Waals surface area contributed by atoms with Crippen molar-refractivity contribution < 1.29 is 19.4 Å². The maximum atomic E-state index is 10.3. The second-order valence-electron chi connectivity index (χ2n) is 2.35. The van der Waals surface area contributed by atoms with Crippen molar-refractivity contribution in [2.75, 3.05) is 19.8 Å². The molecule has 0 saturated carbocycles. The van der Waals surface area contributed by atoms with Gasteiger partial charge in [-0.1, -0.05) is 0 Å². The van der Waals surface area contributed by atoms with Gasteiger partial charge in [0.25, 0.3) is 0 Å². The van der Waals surface area contributed by atoms with Crippen LogP contribution in [-0.4, -0.2) is 43.0 Å². The van der Waals surface area contributed by atoms with Crippen molar-refractivity contribution in [2.24, 2.45) is 5.73 Å². The largest absolute Gasteiger partial charge is 0.479 e. The van der Waals surface area contributed by atoms with Crippen LogP contribution in [0.2, 0.25) is 0 Å². The van der Waals surface area contributed by atoms with Crippen molar-refractivity contribution in [1.82, 2.24) is 0 Å². The Morgan fingerprint density at radius 1 is 1.55 bits per heavy atom. The molecule has 0 spiro atoms. The third-order valence-electron chi connectivity index (χ3n) is 1.50. The molecule has 1 heterocycles. The molecule has 2 atom stereocenters. The van der Waals surface area contributed by atoms with Gasteiger partial charge in [-0.05, 0) is 0 Å². The third kappa shape index (κ3) is 2.14. The number of ether oxygens (including phenoxy) is 2. The predicted octanol–water partition coefficient (Wildman–Crippen LogP) is -1.19. The number of hydrogen-bond donors (Lipinski definition) is 2. The molecule has 0 aromatic heterocycles. The highest BCUT2D eigenvalue weighted by Gasteiger charge is 2.26. The van der Waals surface area contributed by atoms with Gasteiger partial charge in [-0.25, -0.2) is 4.79 Å². The standard InChI is InChI=1S/C6H11NO4/c7-1-4-2-11-5(3-10-4)6(8)9/h4-5H,1-3,7H2,(H,8,9). The summed E-state index contributed by atoms with van der Waals surface area (Å²) in [5.41, 5.74) is 5.27. The number of hydrogen-bond acceptors (Lipinski definition) is 4. The van der Waals surface area contributed by atoms with Gasteiger partial charge in [0.05, 0.1) is 19.3 Å². The summed E-state index contributed by atoms with van der Waals surface area (Å²) < 4.78 is 10.0. The molecular formula is C6H11NO4. The fraction of sp³-hybridized carbons (Fsp3) is 0.833. The Bertz CT molecular complexity index is 142. The summed E-state index contributed by atoms with van der Waals surface area (Å²) in [6.07, 6.45) is -0.969. The minimum absolute atomic E-state index is 0.0944. The van der Waals surface area contributed by atoms with Gasteiger partial charge in [-0.3, -0.25) is 0 Å². The van der Waals surface area contributed by atoms with Crippen molar-refractivity contribution in [3.8, 4) is 0 Å². The van der Waals surface area contributed by atoms with Crippen LogP contribution in [0.3, 0.4) is 0 Å². The average molecular weight is 161 g/mol. The molecule has 1 aliphatic heterocycles. The Hall–Kier alpha value is -0.650. The van der Waals surface area contributed by atoms with Gasteiger partial charge in [0.15, 0.2) is 6.10 Å². The van der Waals surface area contributed by atoms with Gasteiger partial charge in [0.2, 0.25) is 0 Å². The highest BCUT2D eigenvalue weighted by molar-refractivity contribution is 5.72. The Balaban J connectivity index is 2.30. The van der Waals surface area contributed by atoms with Crippen LogP contribution in [0.15, 0.2) is 0 Å². The molecule has 11 heavy (non-hydrogen) atoms. The summed E-state index contributed by atoms with van der Waals surface area (Å²) in [4.78, 5) is 10.3. The van der Waals surface area contributed by atoms with Crippen molar-refractivity contribution in [3.05, 3.63) is 0 Å². The van der Waals surface area contributed by atoms with E-state index in [-0.39, 0.29) is 19.3 Å². The minimum atomic E-state index is -0.986. The molecule has 2 unspecified atom stereocenters. The van der Waals surface area contributed by atoms with Crippen molar-refractivity contribution in [2.45, 2.75) is 12.2 Å². The van der Waals surface area contributed by atoms with Crippen LogP contribution in [0.4, 0.5) is 0 Å². The molecule has 1 aliphatic rings. The molecule has 0 amide bonds. The van der Waals surface area contributed by atoms with E-state index in [1.807, 2.05) is 0 Å². The summed E-state index contributed by atoms with van der Waals surface area (Å²) in [5.74, 6) is -0.986. The number of carboxylic acids is 1. The molecule has 0 aliphatic carbocycles. The van der Waals surface area contributed by atoms with Gasteiger partial charge in [-0.15, -0.1) is 0 Å². The molecule has 1 saturated heterocycles. The van der Waals surface area contributed by atoms with E-state index in [9.17, 15) is 4.79 Å². The summed E-state index contributed by atoms with van der Waals surface area (Å²) in [5, 5.41) is 8.46. The van der Waals surface area contributed by atoms with E-state index in [0.717, 1.165) is 0 Å².